The van der Waals surface area contributed by atoms with Crippen LogP contribution in [-0.2, 0) is 28.8 Å². The van der Waals surface area contributed by atoms with Crippen LogP contribution in [-0.4, -0.2) is 53.2 Å². The lowest BCUT2D eigenvalue weighted by Crippen LogP contribution is -2.54. The summed E-state index contributed by atoms with van der Waals surface area (Å²) in [5.74, 6) is -4.90. The number of fused-ring (bicyclic) bond motifs is 1. The molecule has 4 amide bonds. The van der Waals surface area contributed by atoms with Gasteiger partial charge in [0.2, 0.25) is 23.6 Å². The lowest BCUT2D eigenvalue weighted by Gasteiger charge is -2.33. The summed E-state index contributed by atoms with van der Waals surface area (Å²) >= 11 is 0. The van der Waals surface area contributed by atoms with Crippen LogP contribution in [0.25, 0.3) is 6.08 Å². The van der Waals surface area contributed by atoms with Gasteiger partial charge < -0.3 is 10.6 Å². The van der Waals surface area contributed by atoms with Gasteiger partial charge in [-0.2, -0.15) is 0 Å². The first-order valence-corrected chi connectivity index (χ1v) is 12.9. The summed E-state index contributed by atoms with van der Waals surface area (Å²) in [6.07, 6.45) is 2.72. The molecule has 0 radical (unpaired) electrons. The molecule has 9 nitrogen and oxygen atoms in total. The maximum absolute atomic E-state index is 13.1. The zero-order chi connectivity index (χ0) is 28.1. The van der Waals surface area contributed by atoms with Crippen LogP contribution in [0.3, 0.4) is 0 Å². The molecule has 0 bridgehead atoms. The Morgan fingerprint density at radius 2 is 1.59 bits per heavy atom. The molecule has 39 heavy (non-hydrogen) atoms. The van der Waals surface area contributed by atoms with E-state index in [0.717, 1.165) is 10.5 Å². The molecule has 1 aliphatic carbocycles. The Kier molecular flexibility index (Phi) is 8.49. The van der Waals surface area contributed by atoms with Crippen molar-refractivity contribution in [3.63, 3.8) is 0 Å². The molecule has 2 aromatic rings. The van der Waals surface area contributed by atoms with Crippen LogP contribution in [0.5, 0.6) is 0 Å². The number of nitrogens with one attached hydrogen (secondary N) is 2. The Balaban J connectivity index is 1.40. The van der Waals surface area contributed by atoms with E-state index in [0.29, 0.717) is 12.0 Å². The van der Waals surface area contributed by atoms with Crippen molar-refractivity contribution in [1.82, 2.24) is 15.5 Å². The average Bonchev–Trinajstić information content (AvgIpc) is 3.14. The Morgan fingerprint density at radius 3 is 2.26 bits per heavy atom. The summed E-state index contributed by atoms with van der Waals surface area (Å²) in [5, 5.41) is 5.50. The van der Waals surface area contributed by atoms with Gasteiger partial charge in [-0.05, 0) is 29.5 Å². The molecular formula is C30H31N3O6. The molecule has 2 N–H and O–H groups in total. The number of benzene rings is 2. The van der Waals surface area contributed by atoms with Crippen molar-refractivity contribution in [3.05, 3.63) is 77.9 Å². The number of likely N-dealkylation sites (tertiary alicyclic amines) is 1. The van der Waals surface area contributed by atoms with Crippen molar-refractivity contribution < 1.29 is 28.8 Å². The molecule has 4 rings (SSSR count). The standard InChI is InChI=1S/C30H31N3O6/c1-18-15-22-26(30(39)33(2)29(22)38)28(37)27(18)32-25(36)17-23(20-11-7-4-8-12-20)31-24(35)16-21(34)14-13-19-9-5-3-6-10-19/h3-14,18,22-23,26-27H,15-17H2,1-2H3,(H,31,35)(H,32,36)/b14-13+/t18?,22-,23-,26+,27-/m0/s1. The summed E-state index contributed by atoms with van der Waals surface area (Å²) in [6, 6.07) is 16.4. The van der Waals surface area contributed by atoms with Crippen molar-refractivity contribution in [1.29, 1.82) is 0 Å². The predicted octanol–water partition coefficient (Wildman–Crippen LogP) is 2.23. The number of hydrogen-bond donors (Lipinski definition) is 2. The van der Waals surface area contributed by atoms with Crippen molar-refractivity contribution in [2.45, 2.75) is 38.3 Å². The summed E-state index contributed by atoms with van der Waals surface area (Å²) in [7, 11) is 1.36. The number of carbonyl (C=O) groups excluding carboxylic acids is 6. The second-order valence-electron chi connectivity index (χ2n) is 10.1. The van der Waals surface area contributed by atoms with E-state index in [1.807, 2.05) is 30.3 Å². The van der Waals surface area contributed by atoms with E-state index in [2.05, 4.69) is 10.6 Å². The summed E-state index contributed by atoms with van der Waals surface area (Å²) in [5.41, 5.74) is 1.49. The number of nitrogens with zero attached hydrogens (tertiary/aromatic N) is 1. The lowest BCUT2D eigenvalue weighted by atomic mass is 9.72. The van der Waals surface area contributed by atoms with Gasteiger partial charge in [0.05, 0.1) is 30.8 Å². The molecular weight excluding hydrogens is 498 g/mol. The van der Waals surface area contributed by atoms with Crippen LogP contribution < -0.4 is 10.6 Å². The Morgan fingerprint density at radius 1 is 0.949 bits per heavy atom. The van der Waals surface area contributed by atoms with Crippen LogP contribution in [0.2, 0.25) is 0 Å². The zero-order valence-electron chi connectivity index (χ0n) is 21.8. The van der Waals surface area contributed by atoms with Gasteiger partial charge in [0.1, 0.15) is 5.92 Å². The van der Waals surface area contributed by atoms with Crippen molar-refractivity contribution in [2.75, 3.05) is 7.05 Å². The first kappa shape index (κ1) is 27.6. The van der Waals surface area contributed by atoms with E-state index in [-0.39, 0.29) is 30.4 Å². The Labute approximate surface area is 226 Å². The minimum atomic E-state index is -1.08. The van der Waals surface area contributed by atoms with Gasteiger partial charge >= 0.3 is 0 Å². The quantitative estimate of drug-likeness (QED) is 0.291. The van der Waals surface area contributed by atoms with Crippen LogP contribution in [0, 0.1) is 17.8 Å². The first-order chi connectivity index (χ1) is 18.7. The minimum Gasteiger partial charge on any atom is -0.348 e. The second-order valence-corrected chi connectivity index (χ2v) is 10.1. The molecule has 1 saturated carbocycles. The SMILES string of the molecule is CC1C[C@@H]2C(=O)N(C)C(=O)[C@H]2C(=O)[C@H]1NC(=O)C[C@H](NC(=O)CC(=O)/C=C/c1ccccc1)c1ccccc1. The summed E-state index contributed by atoms with van der Waals surface area (Å²) < 4.78 is 0. The topological polar surface area (TPSA) is 130 Å². The van der Waals surface area contributed by atoms with Crippen LogP contribution in [0.15, 0.2) is 66.7 Å². The molecule has 5 atom stereocenters. The number of imide groups is 1. The van der Waals surface area contributed by atoms with E-state index in [1.54, 1.807) is 43.3 Å². The van der Waals surface area contributed by atoms with Crippen molar-refractivity contribution in [2.24, 2.45) is 17.8 Å². The van der Waals surface area contributed by atoms with Gasteiger partial charge in [0.15, 0.2) is 11.6 Å². The number of allylic oxidation sites excluding steroid dienone is 1. The highest BCUT2D eigenvalue weighted by Gasteiger charge is 2.55. The molecule has 2 aliphatic rings. The molecule has 2 aromatic carbocycles. The van der Waals surface area contributed by atoms with Crippen LogP contribution >= 0.6 is 0 Å². The van der Waals surface area contributed by atoms with Crippen LogP contribution in [0.4, 0.5) is 0 Å². The molecule has 0 spiro atoms. The third-order valence-electron chi connectivity index (χ3n) is 7.29. The molecule has 1 heterocycles. The van der Waals surface area contributed by atoms with E-state index >= 15 is 0 Å². The fourth-order valence-corrected chi connectivity index (χ4v) is 5.23. The fraction of sp³-hybridized carbons (Fsp3) is 0.333. The van der Waals surface area contributed by atoms with Crippen molar-refractivity contribution >= 4 is 41.3 Å². The van der Waals surface area contributed by atoms with Gasteiger partial charge in [-0.3, -0.25) is 33.7 Å². The molecule has 1 unspecified atom stereocenters. The Hall–Kier alpha value is -4.40. The smallest absolute Gasteiger partial charge is 0.240 e. The van der Waals surface area contributed by atoms with Gasteiger partial charge in [-0.25, -0.2) is 0 Å². The molecule has 2 fully saturated rings. The average molecular weight is 530 g/mol. The van der Waals surface area contributed by atoms with E-state index in [9.17, 15) is 28.8 Å². The molecule has 1 aliphatic heterocycles. The van der Waals surface area contributed by atoms with E-state index in [4.69, 9.17) is 0 Å². The predicted molar refractivity (Wildman–Crippen MR) is 143 cm³/mol. The third-order valence-corrected chi connectivity index (χ3v) is 7.29. The van der Waals surface area contributed by atoms with Crippen LogP contribution in [0.1, 0.15) is 43.4 Å². The Bertz CT molecular complexity index is 1310. The van der Waals surface area contributed by atoms with E-state index < -0.39 is 47.4 Å². The highest BCUT2D eigenvalue weighted by molar-refractivity contribution is 6.17. The maximum Gasteiger partial charge on any atom is 0.240 e. The summed E-state index contributed by atoms with van der Waals surface area (Å²) in [4.78, 5) is 77.1. The lowest BCUT2D eigenvalue weighted by molar-refractivity contribution is -0.142. The van der Waals surface area contributed by atoms with Crippen molar-refractivity contribution in [3.8, 4) is 0 Å². The highest BCUT2D eigenvalue weighted by Crippen LogP contribution is 2.38. The van der Waals surface area contributed by atoms with Gasteiger partial charge in [-0.15, -0.1) is 0 Å². The normalized spacial score (nSPS) is 23.4. The number of rotatable bonds is 9. The third kappa shape index (κ3) is 6.37. The number of amides is 4. The number of ketones is 2. The monoisotopic (exact) mass is 529 g/mol. The molecule has 1 saturated heterocycles. The number of hydrogen-bond acceptors (Lipinski definition) is 6. The van der Waals surface area contributed by atoms with E-state index in [1.165, 1.54) is 13.1 Å². The van der Waals surface area contributed by atoms with Gasteiger partial charge in [-0.1, -0.05) is 73.7 Å². The second kappa shape index (κ2) is 12.0. The minimum absolute atomic E-state index is 0.179. The number of carbonyl (C=O) groups is 6. The number of Topliss-reactive ketones (excluding diaryl/α,β-unsaturated/α-hetero) is 1. The molecule has 0 aromatic heterocycles. The van der Waals surface area contributed by atoms with Gasteiger partial charge in [0, 0.05) is 7.05 Å². The van der Waals surface area contributed by atoms with Gasteiger partial charge in [0.25, 0.3) is 0 Å². The molecule has 202 valence electrons. The zero-order valence-corrected chi connectivity index (χ0v) is 21.8. The molecule has 9 heteroatoms. The first-order valence-electron chi connectivity index (χ1n) is 12.9. The maximum atomic E-state index is 13.1. The summed E-state index contributed by atoms with van der Waals surface area (Å²) in [6.45, 7) is 1.76. The largest absolute Gasteiger partial charge is 0.348 e. The fourth-order valence-electron chi connectivity index (χ4n) is 5.23. The highest BCUT2D eigenvalue weighted by atomic mass is 16.2.